The van der Waals surface area contributed by atoms with Gasteiger partial charge in [-0.05, 0) is 26.2 Å². The fourth-order valence-electron chi connectivity index (χ4n) is 2.68. The number of amides is 2. The first-order valence-corrected chi connectivity index (χ1v) is 9.04. The third kappa shape index (κ3) is 5.93. The molecular formula is C16H27N3O2S. The molecule has 1 N–H and O–H groups in total. The number of urea groups is 1. The van der Waals surface area contributed by atoms with Crippen LogP contribution in [0.1, 0.15) is 49.2 Å². The van der Waals surface area contributed by atoms with E-state index in [-0.39, 0.29) is 6.03 Å². The quantitative estimate of drug-likeness (QED) is 0.782. The number of carbonyl (C=O) groups excluding carboxylic acids is 1. The highest BCUT2D eigenvalue weighted by atomic mass is 32.1. The van der Waals surface area contributed by atoms with E-state index in [1.54, 1.807) is 23.3 Å². The first kappa shape index (κ1) is 17.2. The Labute approximate surface area is 137 Å². The maximum absolute atomic E-state index is 12.0. The van der Waals surface area contributed by atoms with Crippen LogP contribution in [-0.2, 0) is 11.3 Å². The Balaban J connectivity index is 1.54. The number of hydrogen-bond donors (Lipinski definition) is 1. The molecule has 1 aromatic rings. The number of aromatic nitrogens is 1. The Morgan fingerprint density at radius 3 is 2.91 bits per heavy atom. The predicted octanol–water partition coefficient (Wildman–Crippen LogP) is 3.33. The van der Waals surface area contributed by atoms with Gasteiger partial charge in [0.25, 0.3) is 0 Å². The summed E-state index contributed by atoms with van der Waals surface area (Å²) in [5.41, 5.74) is 0.945. The second-order valence-electron chi connectivity index (χ2n) is 5.93. The van der Waals surface area contributed by atoms with Crippen molar-refractivity contribution in [2.24, 2.45) is 0 Å². The molecule has 22 heavy (non-hydrogen) atoms. The Hall–Kier alpha value is -1.14. The zero-order chi connectivity index (χ0) is 15.8. The Morgan fingerprint density at radius 2 is 2.23 bits per heavy atom. The van der Waals surface area contributed by atoms with Crippen LogP contribution in [0.2, 0.25) is 0 Å². The zero-order valence-electron chi connectivity index (χ0n) is 13.6. The summed E-state index contributed by atoms with van der Waals surface area (Å²) < 4.78 is 5.85. The lowest BCUT2D eigenvalue weighted by Crippen LogP contribution is -2.37. The van der Waals surface area contributed by atoms with Gasteiger partial charge in [-0.25, -0.2) is 9.78 Å². The summed E-state index contributed by atoms with van der Waals surface area (Å²) >= 11 is 1.61. The minimum atomic E-state index is -0.0525. The molecule has 0 unspecified atom stereocenters. The maximum atomic E-state index is 12.0. The molecule has 0 aliphatic heterocycles. The predicted molar refractivity (Wildman–Crippen MR) is 89.2 cm³/mol. The second kappa shape index (κ2) is 9.10. The summed E-state index contributed by atoms with van der Waals surface area (Å²) in [5.74, 6) is 0. The summed E-state index contributed by atoms with van der Waals surface area (Å²) in [7, 11) is 1.79. The fraction of sp³-hybridized carbons (Fsp3) is 0.750. The lowest BCUT2D eigenvalue weighted by atomic mass is 9.98. The molecule has 0 radical (unpaired) electrons. The molecular weight excluding hydrogens is 298 g/mol. The van der Waals surface area contributed by atoms with E-state index in [9.17, 15) is 4.79 Å². The van der Waals surface area contributed by atoms with Gasteiger partial charge in [-0.15, -0.1) is 11.3 Å². The summed E-state index contributed by atoms with van der Waals surface area (Å²) in [6.45, 7) is 3.92. The van der Waals surface area contributed by atoms with E-state index >= 15 is 0 Å². The molecule has 1 aliphatic rings. The van der Waals surface area contributed by atoms with Gasteiger partial charge in [0.05, 0.1) is 23.4 Å². The van der Waals surface area contributed by atoms with Gasteiger partial charge in [-0.2, -0.15) is 0 Å². The molecule has 1 aliphatic carbocycles. The Bertz CT molecular complexity index is 458. The van der Waals surface area contributed by atoms with Gasteiger partial charge in [-0.1, -0.05) is 19.3 Å². The molecule has 1 fully saturated rings. The lowest BCUT2D eigenvalue weighted by Gasteiger charge is -2.22. The Kier molecular flexibility index (Phi) is 7.12. The first-order chi connectivity index (χ1) is 10.6. The second-order valence-corrected chi connectivity index (χ2v) is 6.99. The highest BCUT2D eigenvalue weighted by molar-refractivity contribution is 7.09. The van der Waals surface area contributed by atoms with E-state index in [0.29, 0.717) is 19.2 Å². The average Bonchev–Trinajstić information content (AvgIpc) is 2.92. The first-order valence-electron chi connectivity index (χ1n) is 8.16. The summed E-state index contributed by atoms with van der Waals surface area (Å²) in [4.78, 5) is 18.0. The lowest BCUT2D eigenvalue weighted by molar-refractivity contribution is 0.0275. The SMILES string of the molecule is Cc1nc(CN(C)C(=O)NCCCOC2CCCCC2)cs1. The van der Waals surface area contributed by atoms with Crippen LogP contribution in [0, 0.1) is 6.92 Å². The molecule has 2 amide bonds. The molecule has 124 valence electrons. The number of nitrogens with zero attached hydrogens (tertiary/aromatic N) is 2. The molecule has 6 heteroatoms. The van der Waals surface area contributed by atoms with Crippen LogP contribution < -0.4 is 5.32 Å². The molecule has 0 aromatic carbocycles. The van der Waals surface area contributed by atoms with Gasteiger partial charge in [0, 0.05) is 25.6 Å². The van der Waals surface area contributed by atoms with Crippen LogP contribution in [-0.4, -0.2) is 42.2 Å². The van der Waals surface area contributed by atoms with Gasteiger partial charge in [-0.3, -0.25) is 0 Å². The van der Waals surface area contributed by atoms with Gasteiger partial charge in [0.15, 0.2) is 0 Å². The van der Waals surface area contributed by atoms with Crippen LogP contribution in [0.4, 0.5) is 4.79 Å². The largest absolute Gasteiger partial charge is 0.378 e. The van der Waals surface area contributed by atoms with E-state index in [0.717, 1.165) is 23.7 Å². The molecule has 5 nitrogen and oxygen atoms in total. The number of carbonyl (C=O) groups is 1. The molecule has 0 atom stereocenters. The minimum absolute atomic E-state index is 0.0525. The maximum Gasteiger partial charge on any atom is 0.317 e. The standard InChI is InChI=1S/C16H27N3O2S/c1-13-18-14(12-22-13)11-19(2)16(20)17-9-6-10-21-15-7-4-3-5-8-15/h12,15H,3-11H2,1-2H3,(H,17,20). The molecule has 1 saturated carbocycles. The molecule has 0 bridgehead atoms. The van der Waals surface area contributed by atoms with Gasteiger partial charge in [0.2, 0.25) is 0 Å². The summed E-state index contributed by atoms with van der Waals surface area (Å²) in [5, 5.41) is 5.96. The van der Waals surface area contributed by atoms with Crippen molar-refractivity contribution in [3.8, 4) is 0 Å². The van der Waals surface area contributed by atoms with Crippen molar-refractivity contribution in [2.45, 2.75) is 58.1 Å². The van der Waals surface area contributed by atoms with Crippen LogP contribution in [0.25, 0.3) is 0 Å². The van der Waals surface area contributed by atoms with E-state index in [4.69, 9.17) is 4.74 Å². The number of rotatable bonds is 7. The summed E-state index contributed by atoms with van der Waals surface area (Å²) in [6.07, 6.45) is 7.64. The average molecular weight is 325 g/mol. The van der Waals surface area contributed by atoms with Gasteiger partial charge < -0.3 is 15.0 Å². The minimum Gasteiger partial charge on any atom is -0.378 e. The highest BCUT2D eigenvalue weighted by Crippen LogP contribution is 2.20. The smallest absolute Gasteiger partial charge is 0.317 e. The monoisotopic (exact) mass is 325 g/mol. The highest BCUT2D eigenvalue weighted by Gasteiger charge is 2.13. The van der Waals surface area contributed by atoms with E-state index < -0.39 is 0 Å². The number of ether oxygens (including phenoxy) is 1. The third-order valence-electron chi connectivity index (χ3n) is 3.92. The number of hydrogen-bond acceptors (Lipinski definition) is 4. The van der Waals surface area contributed by atoms with Crippen LogP contribution >= 0.6 is 11.3 Å². The molecule has 0 spiro atoms. The van der Waals surface area contributed by atoms with Crippen LogP contribution in [0.15, 0.2) is 5.38 Å². The van der Waals surface area contributed by atoms with Crippen molar-refractivity contribution in [2.75, 3.05) is 20.2 Å². The van der Waals surface area contributed by atoms with E-state index in [2.05, 4.69) is 10.3 Å². The van der Waals surface area contributed by atoms with Gasteiger partial charge in [0.1, 0.15) is 0 Å². The fourth-order valence-corrected chi connectivity index (χ4v) is 3.28. The molecule has 1 aromatic heterocycles. The number of aryl methyl sites for hydroxylation is 1. The topological polar surface area (TPSA) is 54.5 Å². The molecule has 0 saturated heterocycles. The van der Waals surface area contributed by atoms with Crippen molar-refractivity contribution >= 4 is 17.4 Å². The van der Waals surface area contributed by atoms with Crippen molar-refractivity contribution < 1.29 is 9.53 Å². The Morgan fingerprint density at radius 1 is 1.45 bits per heavy atom. The van der Waals surface area contributed by atoms with E-state index in [1.165, 1.54) is 32.1 Å². The number of nitrogens with one attached hydrogen (secondary N) is 1. The van der Waals surface area contributed by atoms with Crippen molar-refractivity contribution in [1.29, 1.82) is 0 Å². The van der Waals surface area contributed by atoms with Crippen LogP contribution in [0.3, 0.4) is 0 Å². The molecule has 1 heterocycles. The number of thiazole rings is 1. The third-order valence-corrected chi connectivity index (χ3v) is 4.74. The molecule has 2 rings (SSSR count). The normalized spacial score (nSPS) is 15.7. The zero-order valence-corrected chi connectivity index (χ0v) is 14.5. The van der Waals surface area contributed by atoms with Crippen LogP contribution in [0.5, 0.6) is 0 Å². The summed E-state index contributed by atoms with van der Waals surface area (Å²) in [6, 6.07) is -0.0525. The van der Waals surface area contributed by atoms with Crippen molar-refractivity contribution in [1.82, 2.24) is 15.2 Å². The van der Waals surface area contributed by atoms with Crippen molar-refractivity contribution in [3.05, 3.63) is 16.1 Å². The van der Waals surface area contributed by atoms with E-state index in [1.807, 2.05) is 12.3 Å². The van der Waals surface area contributed by atoms with Gasteiger partial charge >= 0.3 is 6.03 Å². The van der Waals surface area contributed by atoms with Crippen molar-refractivity contribution in [3.63, 3.8) is 0 Å².